The normalized spacial score (nSPS) is 15.9. The SMILES string of the molecule is CSCCC(NC(=O)c1ccccc1Cl)C(=O)NCC(c1ccccc1)N1CCCC1. The standard InChI is InChI=1S/C24H30ClN3O2S/c1-31-16-13-21(27-23(29)19-11-5-6-12-20(19)25)24(30)26-17-22(28-14-7-8-15-28)18-9-3-2-4-10-18/h2-6,9-12,21-22H,7-8,13-17H2,1H3,(H,26,30)(H,27,29). The van der Waals surface area contributed by atoms with Crippen LogP contribution in [0.5, 0.6) is 0 Å². The Morgan fingerprint density at radius 3 is 2.42 bits per heavy atom. The summed E-state index contributed by atoms with van der Waals surface area (Å²) < 4.78 is 0. The Morgan fingerprint density at radius 2 is 1.74 bits per heavy atom. The van der Waals surface area contributed by atoms with E-state index < -0.39 is 6.04 Å². The van der Waals surface area contributed by atoms with E-state index in [2.05, 4.69) is 27.7 Å². The third-order valence-corrected chi connectivity index (χ3v) is 6.56. The highest BCUT2D eigenvalue weighted by Gasteiger charge is 2.26. The Labute approximate surface area is 193 Å². The number of benzene rings is 2. The van der Waals surface area contributed by atoms with Gasteiger partial charge in [-0.05, 0) is 62.1 Å². The summed E-state index contributed by atoms with van der Waals surface area (Å²) >= 11 is 7.81. The lowest BCUT2D eigenvalue weighted by atomic mass is 10.1. The van der Waals surface area contributed by atoms with Crippen LogP contribution in [0.3, 0.4) is 0 Å². The van der Waals surface area contributed by atoms with Crippen molar-refractivity contribution in [3.63, 3.8) is 0 Å². The van der Waals surface area contributed by atoms with Crippen LogP contribution in [-0.2, 0) is 4.79 Å². The molecule has 1 aliphatic heterocycles. The lowest BCUT2D eigenvalue weighted by Crippen LogP contribution is -2.49. The molecule has 2 amide bonds. The molecule has 166 valence electrons. The molecule has 2 aromatic rings. The number of halogens is 1. The van der Waals surface area contributed by atoms with Crippen LogP contribution in [-0.4, -0.2) is 54.4 Å². The van der Waals surface area contributed by atoms with E-state index in [4.69, 9.17) is 11.6 Å². The zero-order valence-corrected chi connectivity index (χ0v) is 19.4. The van der Waals surface area contributed by atoms with Crippen molar-refractivity contribution < 1.29 is 9.59 Å². The van der Waals surface area contributed by atoms with E-state index in [1.165, 1.54) is 18.4 Å². The van der Waals surface area contributed by atoms with Crippen LogP contribution in [0.4, 0.5) is 0 Å². The summed E-state index contributed by atoms with van der Waals surface area (Å²) in [6.45, 7) is 2.59. The first-order valence-electron chi connectivity index (χ1n) is 10.7. The molecule has 1 saturated heterocycles. The van der Waals surface area contributed by atoms with Gasteiger partial charge in [-0.15, -0.1) is 0 Å². The van der Waals surface area contributed by atoms with Crippen molar-refractivity contribution >= 4 is 35.2 Å². The van der Waals surface area contributed by atoms with Crippen LogP contribution in [0.15, 0.2) is 54.6 Å². The molecule has 0 radical (unpaired) electrons. The van der Waals surface area contributed by atoms with Crippen molar-refractivity contribution in [2.45, 2.75) is 31.3 Å². The molecule has 1 heterocycles. The lowest BCUT2D eigenvalue weighted by Gasteiger charge is -2.29. The van der Waals surface area contributed by atoms with Gasteiger partial charge in [0.1, 0.15) is 6.04 Å². The maximum Gasteiger partial charge on any atom is 0.253 e. The van der Waals surface area contributed by atoms with Crippen LogP contribution in [0, 0.1) is 0 Å². The molecule has 0 aliphatic carbocycles. The molecule has 1 aliphatic rings. The summed E-state index contributed by atoms with van der Waals surface area (Å²) in [5.41, 5.74) is 1.58. The minimum absolute atomic E-state index is 0.133. The van der Waals surface area contributed by atoms with Gasteiger partial charge in [-0.25, -0.2) is 0 Å². The smallest absolute Gasteiger partial charge is 0.253 e. The van der Waals surface area contributed by atoms with Gasteiger partial charge in [0.2, 0.25) is 5.91 Å². The first-order valence-corrected chi connectivity index (χ1v) is 12.5. The monoisotopic (exact) mass is 459 g/mol. The van der Waals surface area contributed by atoms with Gasteiger partial charge < -0.3 is 10.6 Å². The molecule has 7 heteroatoms. The maximum atomic E-state index is 13.1. The van der Waals surface area contributed by atoms with Gasteiger partial charge in [-0.2, -0.15) is 11.8 Å². The summed E-state index contributed by atoms with van der Waals surface area (Å²) in [7, 11) is 0. The number of likely N-dealkylation sites (tertiary alicyclic amines) is 1. The van der Waals surface area contributed by atoms with E-state index in [0.29, 0.717) is 23.6 Å². The second kappa shape index (κ2) is 12.1. The third kappa shape index (κ3) is 6.73. The fourth-order valence-electron chi connectivity index (χ4n) is 3.89. The summed E-state index contributed by atoms with van der Waals surface area (Å²) in [6, 6.07) is 16.7. The average Bonchev–Trinajstić information content (AvgIpc) is 3.32. The quantitative estimate of drug-likeness (QED) is 0.560. The average molecular weight is 460 g/mol. The highest BCUT2D eigenvalue weighted by atomic mass is 35.5. The van der Waals surface area contributed by atoms with Gasteiger partial charge in [-0.1, -0.05) is 54.1 Å². The Hall–Kier alpha value is -2.02. The lowest BCUT2D eigenvalue weighted by molar-refractivity contribution is -0.123. The van der Waals surface area contributed by atoms with E-state index in [1.807, 2.05) is 24.5 Å². The third-order valence-electron chi connectivity index (χ3n) is 5.59. The second-order valence-corrected chi connectivity index (χ2v) is 9.09. The number of thioether (sulfide) groups is 1. The fraction of sp³-hybridized carbons (Fsp3) is 0.417. The Morgan fingerprint density at radius 1 is 1.06 bits per heavy atom. The van der Waals surface area contributed by atoms with Crippen LogP contribution in [0.25, 0.3) is 0 Å². The Balaban J connectivity index is 1.67. The van der Waals surface area contributed by atoms with Gasteiger partial charge in [0, 0.05) is 6.54 Å². The van der Waals surface area contributed by atoms with E-state index in [-0.39, 0.29) is 17.9 Å². The number of carbonyl (C=O) groups is 2. The molecule has 2 N–H and O–H groups in total. The summed E-state index contributed by atoms with van der Waals surface area (Å²) in [5, 5.41) is 6.36. The second-order valence-electron chi connectivity index (χ2n) is 7.70. The van der Waals surface area contributed by atoms with Crippen LogP contribution in [0.2, 0.25) is 5.02 Å². The topological polar surface area (TPSA) is 61.4 Å². The van der Waals surface area contributed by atoms with Crippen molar-refractivity contribution in [2.75, 3.05) is 31.6 Å². The van der Waals surface area contributed by atoms with Gasteiger partial charge in [0.25, 0.3) is 5.91 Å². The summed E-state index contributed by atoms with van der Waals surface area (Å²) in [4.78, 5) is 28.2. The maximum absolute atomic E-state index is 13.1. The summed E-state index contributed by atoms with van der Waals surface area (Å²) in [6.07, 6.45) is 4.91. The molecule has 0 spiro atoms. The zero-order chi connectivity index (χ0) is 22.1. The van der Waals surface area contributed by atoms with E-state index in [9.17, 15) is 9.59 Å². The molecule has 0 aromatic heterocycles. The molecule has 0 bridgehead atoms. The molecule has 31 heavy (non-hydrogen) atoms. The zero-order valence-electron chi connectivity index (χ0n) is 17.9. The van der Waals surface area contributed by atoms with Gasteiger partial charge in [0.05, 0.1) is 16.6 Å². The van der Waals surface area contributed by atoms with Gasteiger partial charge in [0.15, 0.2) is 0 Å². The molecule has 2 unspecified atom stereocenters. The van der Waals surface area contributed by atoms with Crippen LogP contribution >= 0.6 is 23.4 Å². The molecular weight excluding hydrogens is 430 g/mol. The highest BCUT2D eigenvalue weighted by molar-refractivity contribution is 7.98. The number of hydrogen-bond acceptors (Lipinski definition) is 4. The minimum Gasteiger partial charge on any atom is -0.352 e. The van der Waals surface area contributed by atoms with Crippen molar-refractivity contribution in [2.24, 2.45) is 0 Å². The van der Waals surface area contributed by atoms with E-state index in [0.717, 1.165) is 18.8 Å². The van der Waals surface area contributed by atoms with Crippen molar-refractivity contribution in [3.05, 3.63) is 70.7 Å². The first-order chi connectivity index (χ1) is 15.1. The van der Waals surface area contributed by atoms with Crippen LogP contribution in [0.1, 0.15) is 41.2 Å². The first kappa shape index (κ1) is 23.6. The molecule has 3 rings (SSSR count). The van der Waals surface area contributed by atoms with Gasteiger partial charge >= 0.3 is 0 Å². The minimum atomic E-state index is -0.605. The predicted octanol–water partition coefficient (Wildman–Crippen LogP) is 4.14. The number of nitrogens with one attached hydrogen (secondary N) is 2. The molecule has 1 fully saturated rings. The van der Waals surface area contributed by atoms with Gasteiger partial charge in [-0.3, -0.25) is 14.5 Å². The van der Waals surface area contributed by atoms with Crippen molar-refractivity contribution in [3.8, 4) is 0 Å². The molecule has 2 atom stereocenters. The molecule has 0 saturated carbocycles. The number of nitrogens with zero attached hydrogens (tertiary/aromatic N) is 1. The van der Waals surface area contributed by atoms with Crippen molar-refractivity contribution in [1.29, 1.82) is 0 Å². The van der Waals surface area contributed by atoms with Crippen molar-refractivity contribution in [1.82, 2.24) is 15.5 Å². The molecular formula is C24H30ClN3O2S. The summed E-state index contributed by atoms with van der Waals surface area (Å²) in [5.74, 6) is 0.287. The Bertz CT molecular complexity index is 859. The number of rotatable bonds is 10. The Kier molecular flexibility index (Phi) is 9.25. The largest absolute Gasteiger partial charge is 0.352 e. The van der Waals surface area contributed by atoms with E-state index >= 15 is 0 Å². The highest BCUT2D eigenvalue weighted by Crippen LogP contribution is 2.24. The number of hydrogen-bond donors (Lipinski definition) is 2. The predicted molar refractivity (Wildman–Crippen MR) is 129 cm³/mol. The number of carbonyl (C=O) groups excluding carboxylic acids is 2. The van der Waals surface area contributed by atoms with E-state index in [1.54, 1.807) is 36.0 Å². The van der Waals surface area contributed by atoms with Crippen LogP contribution < -0.4 is 10.6 Å². The number of amides is 2. The molecule has 5 nitrogen and oxygen atoms in total. The molecule has 2 aromatic carbocycles. The fourth-order valence-corrected chi connectivity index (χ4v) is 4.59.